The number of carbonyl (C=O) groups excluding carboxylic acids is 2. The molecule has 1 aromatic rings. The van der Waals surface area contributed by atoms with E-state index >= 15 is 0 Å². The molecule has 7 heteroatoms. The van der Waals surface area contributed by atoms with Crippen molar-refractivity contribution in [3.05, 3.63) is 23.9 Å². The summed E-state index contributed by atoms with van der Waals surface area (Å²) in [5, 5.41) is 12.9. The standard InChI is InChI=1S/C16H22N4O3/c1-11-2-4-17-14(8-11)18-5-7-19-10-15(22)20-6-3-12(21)9-13(20)16(19)23/h2,4,8,12-13,21H,3,5-7,9-10H2,1H3,(H,17,18)/t12-,13+/m1/s1. The molecular weight excluding hydrogens is 296 g/mol. The van der Waals surface area contributed by atoms with Gasteiger partial charge in [0.1, 0.15) is 11.9 Å². The number of pyridine rings is 1. The zero-order chi connectivity index (χ0) is 16.4. The molecule has 124 valence electrons. The predicted molar refractivity (Wildman–Crippen MR) is 84.8 cm³/mol. The van der Waals surface area contributed by atoms with Crippen LogP contribution in [0.1, 0.15) is 18.4 Å². The van der Waals surface area contributed by atoms with Gasteiger partial charge >= 0.3 is 0 Å². The minimum absolute atomic E-state index is 0.0322. The maximum atomic E-state index is 12.5. The highest BCUT2D eigenvalue weighted by Crippen LogP contribution is 2.23. The smallest absolute Gasteiger partial charge is 0.246 e. The number of piperazine rings is 1. The minimum Gasteiger partial charge on any atom is -0.393 e. The van der Waals surface area contributed by atoms with Crippen LogP contribution in [0.3, 0.4) is 0 Å². The molecule has 0 aromatic carbocycles. The molecule has 2 saturated heterocycles. The van der Waals surface area contributed by atoms with Crippen LogP contribution >= 0.6 is 0 Å². The number of nitrogens with zero attached hydrogens (tertiary/aromatic N) is 3. The number of nitrogens with one attached hydrogen (secondary N) is 1. The van der Waals surface area contributed by atoms with Crippen molar-refractivity contribution >= 4 is 17.6 Å². The molecule has 2 N–H and O–H groups in total. The number of aliphatic hydroxyl groups excluding tert-OH is 1. The van der Waals surface area contributed by atoms with E-state index in [1.54, 1.807) is 16.0 Å². The largest absolute Gasteiger partial charge is 0.393 e. The Balaban J connectivity index is 1.57. The van der Waals surface area contributed by atoms with Crippen LogP contribution in [0.4, 0.5) is 5.82 Å². The number of rotatable bonds is 4. The van der Waals surface area contributed by atoms with Crippen molar-refractivity contribution in [3.63, 3.8) is 0 Å². The van der Waals surface area contributed by atoms with Crippen molar-refractivity contribution in [2.75, 3.05) is 31.5 Å². The zero-order valence-corrected chi connectivity index (χ0v) is 13.2. The van der Waals surface area contributed by atoms with E-state index < -0.39 is 12.1 Å². The molecule has 23 heavy (non-hydrogen) atoms. The summed E-state index contributed by atoms with van der Waals surface area (Å²) in [6.07, 6.45) is 2.13. The normalized spacial score (nSPS) is 24.6. The van der Waals surface area contributed by atoms with E-state index in [1.165, 1.54) is 0 Å². The summed E-state index contributed by atoms with van der Waals surface area (Å²) in [7, 11) is 0. The van der Waals surface area contributed by atoms with Crippen molar-refractivity contribution in [1.29, 1.82) is 0 Å². The van der Waals surface area contributed by atoms with Crippen LogP contribution in [-0.4, -0.2) is 70.0 Å². The maximum Gasteiger partial charge on any atom is 0.246 e. The van der Waals surface area contributed by atoms with E-state index in [9.17, 15) is 14.7 Å². The average molecular weight is 318 g/mol. The van der Waals surface area contributed by atoms with Gasteiger partial charge in [-0.2, -0.15) is 0 Å². The summed E-state index contributed by atoms with van der Waals surface area (Å²) in [4.78, 5) is 32.1. The third-order valence-corrected chi connectivity index (χ3v) is 4.42. The molecule has 0 aliphatic carbocycles. The second-order valence-corrected chi connectivity index (χ2v) is 6.19. The number of piperidine rings is 1. The molecule has 2 aliphatic heterocycles. The highest BCUT2D eigenvalue weighted by Gasteiger charge is 2.42. The number of amides is 2. The first-order valence-electron chi connectivity index (χ1n) is 7.97. The van der Waals surface area contributed by atoms with Crippen molar-refractivity contribution < 1.29 is 14.7 Å². The van der Waals surface area contributed by atoms with Gasteiger partial charge in [0, 0.05) is 32.3 Å². The fourth-order valence-electron chi connectivity index (χ4n) is 3.16. The monoisotopic (exact) mass is 318 g/mol. The number of aliphatic hydroxyl groups is 1. The fraction of sp³-hybridized carbons (Fsp3) is 0.562. The lowest BCUT2D eigenvalue weighted by Crippen LogP contribution is -2.63. The Morgan fingerprint density at radius 1 is 1.43 bits per heavy atom. The number of aromatic nitrogens is 1. The number of hydrogen-bond donors (Lipinski definition) is 2. The average Bonchev–Trinajstić information content (AvgIpc) is 2.52. The van der Waals surface area contributed by atoms with E-state index in [4.69, 9.17) is 0 Å². The molecule has 3 heterocycles. The van der Waals surface area contributed by atoms with Gasteiger partial charge in [-0.25, -0.2) is 4.98 Å². The molecule has 0 radical (unpaired) electrons. The molecule has 0 unspecified atom stereocenters. The SMILES string of the molecule is Cc1ccnc(NCCN2CC(=O)N3CC[C@@H](O)C[C@H]3C2=O)c1. The molecule has 1 aromatic heterocycles. The Hall–Kier alpha value is -2.15. The van der Waals surface area contributed by atoms with Crippen LogP contribution in [0, 0.1) is 6.92 Å². The number of hydrogen-bond acceptors (Lipinski definition) is 5. The van der Waals surface area contributed by atoms with Gasteiger partial charge < -0.3 is 20.2 Å². The van der Waals surface area contributed by atoms with Gasteiger partial charge in [0.2, 0.25) is 11.8 Å². The Bertz CT molecular complexity index is 607. The first kappa shape index (κ1) is 15.7. The molecule has 7 nitrogen and oxygen atoms in total. The number of carbonyl (C=O) groups is 2. The van der Waals surface area contributed by atoms with E-state index in [1.807, 2.05) is 19.1 Å². The molecular formula is C16H22N4O3. The second-order valence-electron chi connectivity index (χ2n) is 6.19. The second kappa shape index (κ2) is 6.54. The molecule has 0 saturated carbocycles. The van der Waals surface area contributed by atoms with Crippen LogP contribution < -0.4 is 5.32 Å². The predicted octanol–water partition coefficient (Wildman–Crippen LogP) is -0.00398. The summed E-state index contributed by atoms with van der Waals surface area (Å²) < 4.78 is 0. The lowest BCUT2D eigenvalue weighted by molar-refractivity contribution is -0.160. The first-order chi connectivity index (χ1) is 11.0. The van der Waals surface area contributed by atoms with Gasteiger partial charge in [-0.1, -0.05) is 0 Å². The van der Waals surface area contributed by atoms with Crippen molar-refractivity contribution in [1.82, 2.24) is 14.8 Å². The summed E-state index contributed by atoms with van der Waals surface area (Å²) in [6.45, 7) is 3.55. The highest BCUT2D eigenvalue weighted by molar-refractivity contribution is 5.95. The van der Waals surface area contributed by atoms with Crippen LogP contribution in [0.25, 0.3) is 0 Å². The quantitative estimate of drug-likeness (QED) is 0.816. The van der Waals surface area contributed by atoms with Crippen molar-refractivity contribution in [3.8, 4) is 0 Å². The topological polar surface area (TPSA) is 85.8 Å². The number of anilines is 1. The van der Waals surface area contributed by atoms with E-state index in [-0.39, 0.29) is 18.4 Å². The van der Waals surface area contributed by atoms with Gasteiger partial charge in [0.15, 0.2) is 0 Å². The molecule has 2 atom stereocenters. The zero-order valence-electron chi connectivity index (χ0n) is 13.2. The number of aryl methyl sites for hydroxylation is 1. The lowest BCUT2D eigenvalue weighted by Gasteiger charge is -2.44. The van der Waals surface area contributed by atoms with Gasteiger partial charge in [-0.3, -0.25) is 9.59 Å². The third-order valence-electron chi connectivity index (χ3n) is 4.42. The molecule has 0 bridgehead atoms. The van der Waals surface area contributed by atoms with Crippen molar-refractivity contribution in [2.24, 2.45) is 0 Å². The Kier molecular flexibility index (Phi) is 4.47. The number of fused-ring (bicyclic) bond motifs is 1. The Morgan fingerprint density at radius 2 is 2.26 bits per heavy atom. The van der Waals surface area contributed by atoms with Crippen LogP contribution in [0.15, 0.2) is 18.3 Å². The summed E-state index contributed by atoms with van der Waals surface area (Å²) >= 11 is 0. The van der Waals surface area contributed by atoms with Crippen molar-refractivity contribution in [2.45, 2.75) is 31.9 Å². The molecule has 3 rings (SSSR count). The maximum absolute atomic E-state index is 12.5. The third kappa shape index (κ3) is 3.44. The van der Waals surface area contributed by atoms with Gasteiger partial charge in [0.25, 0.3) is 0 Å². The van der Waals surface area contributed by atoms with Gasteiger partial charge in [0.05, 0.1) is 12.6 Å². The minimum atomic E-state index is -0.503. The summed E-state index contributed by atoms with van der Waals surface area (Å²) in [6, 6.07) is 3.35. The Labute approximate surface area is 135 Å². The lowest BCUT2D eigenvalue weighted by atomic mass is 9.96. The summed E-state index contributed by atoms with van der Waals surface area (Å²) in [5.74, 6) is 0.660. The van der Waals surface area contributed by atoms with Crippen LogP contribution in [0.5, 0.6) is 0 Å². The van der Waals surface area contributed by atoms with E-state index in [2.05, 4.69) is 10.3 Å². The molecule has 0 spiro atoms. The molecule has 2 aliphatic rings. The highest BCUT2D eigenvalue weighted by atomic mass is 16.3. The molecule has 2 fully saturated rings. The van der Waals surface area contributed by atoms with E-state index in [0.717, 1.165) is 11.4 Å². The van der Waals surface area contributed by atoms with Crippen LogP contribution in [0.2, 0.25) is 0 Å². The van der Waals surface area contributed by atoms with Gasteiger partial charge in [-0.15, -0.1) is 0 Å². The van der Waals surface area contributed by atoms with Gasteiger partial charge in [-0.05, 0) is 31.0 Å². The Morgan fingerprint density at radius 3 is 3.04 bits per heavy atom. The fourth-order valence-corrected chi connectivity index (χ4v) is 3.16. The molecule has 2 amide bonds. The van der Waals surface area contributed by atoms with Crippen LogP contribution in [-0.2, 0) is 9.59 Å². The summed E-state index contributed by atoms with van der Waals surface area (Å²) in [5.41, 5.74) is 1.11. The van der Waals surface area contributed by atoms with E-state index in [0.29, 0.717) is 32.5 Å². The first-order valence-corrected chi connectivity index (χ1v) is 7.97.